The number of pyridine rings is 1. The van der Waals surface area contributed by atoms with E-state index < -0.39 is 16.5 Å². The maximum absolute atomic E-state index is 13.0. The van der Waals surface area contributed by atoms with Gasteiger partial charge in [0.2, 0.25) is 0 Å². The van der Waals surface area contributed by atoms with Crippen molar-refractivity contribution in [1.82, 2.24) is 29.3 Å². The Kier molecular flexibility index (Phi) is 5.08. The van der Waals surface area contributed by atoms with E-state index in [-0.39, 0.29) is 29.4 Å². The Hall–Kier alpha value is -3.06. The standard InChI is InChI=1S/C19H21ClN8O3S/c20-13-8-12(9-24-18(29)15-16(21)25-28-3-1-2-23-17(15)28)19(27-11-22-10-14(13)27)26-4-6-32(30,31)7-5-26/h1-3,8,10-11,30-31H,4-7,9H2,(H2,21,25)(H,24,29). The molecule has 1 amide bonds. The number of hydrogen-bond donors (Lipinski definition) is 4. The smallest absolute Gasteiger partial charge is 0.259 e. The van der Waals surface area contributed by atoms with Crippen molar-refractivity contribution in [3.63, 3.8) is 0 Å². The lowest BCUT2D eigenvalue weighted by Gasteiger charge is -2.42. The molecule has 0 saturated carbocycles. The lowest BCUT2D eigenvalue weighted by Crippen LogP contribution is -2.40. The molecule has 168 valence electrons. The van der Waals surface area contributed by atoms with Crippen molar-refractivity contribution in [2.45, 2.75) is 6.54 Å². The molecule has 5 rings (SSSR count). The van der Waals surface area contributed by atoms with Crippen LogP contribution < -0.4 is 16.0 Å². The van der Waals surface area contributed by atoms with Gasteiger partial charge in [0.05, 0.1) is 28.2 Å². The predicted octanol–water partition coefficient (Wildman–Crippen LogP) is 2.11. The molecule has 4 aromatic rings. The molecule has 1 aliphatic heterocycles. The average molecular weight is 477 g/mol. The van der Waals surface area contributed by atoms with E-state index in [1.54, 1.807) is 37.1 Å². The Morgan fingerprint density at radius 3 is 2.88 bits per heavy atom. The summed E-state index contributed by atoms with van der Waals surface area (Å²) >= 11 is 6.47. The van der Waals surface area contributed by atoms with E-state index >= 15 is 0 Å². The van der Waals surface area contributed by atoms with Crippen LogP contribution >= 0.6 is 22.2 Å². The van der Waals surface area contributed by atoms with Crippen LogP contribution in [0.2, 0.25) is 5.02 Å². The van der Waals surface area contributed by atoms with Crippen LogP contribution in [0.15, 0.2) is 37.1 Å². The highest BCUT2D eigenvalue weighted by molar-refractivity contribution is 8.24. The molecule has 5 N–H and O–H groups in total. The number of halogens is 1. The highest BCUT2D eigenvalue weighted by Gasteiger charge is 2.27. The van der Waals surface area contributed by atoms with Gasteiger partial charge < -0.3 is 16.0 Å². The average Bonchev–Trinajstić information content (AvgIpc) is 3.37. The van der Waals surface area contributed by atoms with Crippen LogP contribution in [0.5, 0.6) is 0 Å². The van der Waals surface area contributed by atoms with Crippen molar-refractivity contribution < 1.29 is 13.9 Å². The fraction of sp³-hybridized carbons (Fsp3) is 0.263. The van der Waals surface area contributed by atoms with Crippen LogP contribution in [-0.4, -0.2) is 63.6 Å². The molecule has 0 radical (unpaired) electrons. The Bertz CT molecular complexity index is 1330. The zero-order valence-electron chi connectivity index (χ0n) is 16.8. The summed E-state index contributed by atoms with van der Waals surface area (Å²) in [5.41, 5.74) is 8.02. The third-order valence-electron chi connectivity index (χ3n) is 5.46. The number of anilines is 2. The van der Waals surface area contributed by atoms with E-state index in [2.05, 4.69) is 25.3 Å². The molecule has 0 unspecified atom stereocenters. The number of nitrogens with two attached hydrogens (primary N) is 1. The number of nitrogens with one attached hydrogen (secondary N) is 1. The minimum atomic E-state index is -2.56. The molecular formula is C19H21ClN8O3S. The Balaban J connectivity index is 1.47. The van der Waals surface area contributed by atoms with Gasteiger partial charge in [-0.1, -0.05) is 11.6 Å². The molecular weight excluding hydrogens is 456 g/mol. The first kappa shape index (κ1) is 20.8. The van der Waals surface area contributed by atoms with Gasteiger partial charge in [0.15, 0.2) is 11.5 Å². The number of fused-ring (bicyclic) bond motifs is 2. The topological polar surface area (TPSA) is 146 Å². The van der Waals surface area contributed by atoms with Gasteiger partial charge >= 0.3 is 0 Å². The summed E-state index contributed by atoms with van der Waals surface area (Å²) in [5, 5.41) is 7.51. The Morgan fingerprint density at radius 1 is 1.31 bits per heavy atom. The Morgan fingerprint density at radius 2 is 2.09 bits per heavy atom. The number of aromatic nitrogens is 5. The highest BCUT2D eigenvalue weighted by Crippen LogP contribution is 2.42. The van der Waals surface area contributed by atoms with Gasteiger partial charge in [0, 0.05) is 37.6 Å². The SMILES string of the molecule is Nc1nn2cccnc2c1C(=O)NCc1cc(Cl)c2cncn2c1N1CCS(O)(O)CC1. The van der Waals surface area contributed by atoms with Crippen LogP contribution in [-0.2, 0) is 6.54 Å². The number of amides is 1. The van der Waals surface area contributed by atoms with Crippen molar-refractivity contribution in [3.05, 3.63) is 53.2 Å². The first-order valence-corrected chi connectivity index (χ1v) is 12.1. The van der Waals surface area contributed by atoms with Crippen molar-refractivity contribution in [3.8, 4) is 0 Å². The second-order valence-electron chi connectivity index (χ2n) is 7.52. The minimum Gasteiger partial charge on any atom is -0.381 e. The van der Waals surface area contributed by atoms with Gasteiger partial charge in [-0.15, -0.1) is 5.10 Å². The monoisotopic (exact) mass is 476 g/mol. The number of nitrogens with zero attached hydrogens (tertiary/aromatic N) is 6. The lowest BCUT2D eigenvalue weighted by molar-refractivity contribution is 0.0953. The van der Waals surface area contributed by atoms with E-state index in [0.29, 0.717) is 23.8 Å². The summed E-state index contributed by atoms with van der Waals surface area (Å²) < 4.78 is 23.3. The molecule has 32 heavy (non-hydrogen) atoms. The third kappa shape index (κ3) is 3.60. The van der Waals surface area contributed by atoms with Gasteiger partial charge in [-0.3, -0.25) is 18.3 Å². The first-order chi connectivity index (χ1) is 15.3. The zero-order chi connectivity index (χ0) is 22.5. The number of nitrogen functional groups attached to an aromatic ring is 1. The largest absolute Gasteiger partial charge is 0.381 e. The van der Waals surface area contributed by atoms with Crippen LogP contribution in [0.3, 0.4) is 0 Å². The fourth-order valence-corrected chi connectivity index (χ4v) is 5.40. The predicted molar refractivity (Wildman–Crippen MR) is 124 cm³/mol. The second-order valence-corrected chi connectivity index (χ2v) is 10.3. The second kappa shape index (κ2) is 7.81. The number of hydrogen-bond acceptors (Lipinski definition) is 8. The van der Waals surface area contributed by atoms with E-state index in [9.17, 15) is 13.9 Å². The number of carbonyl (C=O) groups is 1. The van der Waals surface area contributed by atoms with Crippen LogP contribution in [0.1, 0.15) is 15.9 Å². The molecule has 4 aromatic heterocycles. The Labute approximate surface area is 189 Å². The van der Waals surface area contributed by atoms with Gasteiger partial charge in [-0.25, -0.2) is 14.5 Å². The van der Waals surface area contributed by atoms with Gasteiger partial charge in [0.1, 0.15) is 17.7 Å². The molecule has 0 aliphatic carbocycles. The summed E-state index contributed by atoms with van der Waals surface area (Å²) in [5.74, 6) is 1.04. The van der Waals surface area contributed by atoms with Crippen molar-refractivity contribution in [1.29, 1.82) is 0 Å². The van der Waals surface area contributed by atoms with E-state index in [4.69, 9.17) is 17.3 Å². The number of rotatable bonds is 4. The summed E-state index contributed by atoms with van der Waals surface area (Å²) in [6.45, 7) is 1.09. The van der Waals surface area contributed by atoms with Crippen molar-refractivity contribution >= 4 is 50.9 Å². The fourth-order valence-electron chi connectivity index (χ4n) is 3.90. The quantitative estimate of drug-likeness (QED) is 0.350. The van der Waals surface area contributed by atoms with Crippen molar-refractivity contribution in [2.75, 3.05) is 35.2 Å². The number of carbonyl (C=O) groups excluding carboxylic acids is 1. The third-order valence-corrected chi connectivity index (χ3v) is 7.44. The molecule has 5 heterocycles. The van der Waals surface area contributed by atoms with E-state index in [0.717, 1.165) is 16.9 Å². The highest BCUT2D eigenvalue weighted by atomic mass is 35.5. The molecule has 13 heteroatoms. The van der Waals surface area contributed by atoms with Gasteiger partial charge in [-0.05, 0) is 12.1 Å². The van der Waals surface area contributed by atoms with Crippen molar-refractivity contribution in [2.24, 2.45) is 0 Å². The number of imidazole rings is 1. The van der Waals surface area contributed by atoms with E-state index in [1.807, 2.05) is 4.40 Å². The minimum absolute atomic E-state index is 0.0887. The summed E-state index contributed by atoms with van der Waals surface area (Å²) in [6.07, 6.45) is 6.55. The molecule has 0 aromatic carbocycles. The molecule has 11 nitrogen and oxygen atoms in total. The maximum atomic E-state index is 13.0. The zero-order valence-corrected chi connectivity index (χ0v) is 18.4. The van der Waals surface area contributed by atoms with Crippen LogP contribution in [0.25, 0.3) is 11.2 Å². The van der Waals surface area contributed by atoms with Crippen LogP contribution in [0.4, 0.5) is 11.6 Å². The maximum Gasteiger partial charge on any atom is 0.259 e. The normalized spacial score (nSPS) is 17.0. The van der Waals surface area contributed by atoms with Gasteiger partial charge in [-0.2, -0.15) is 10.6 Å². The summed E-state index contributed by atoms with van der Waals surface area (Å²) in [6, 6.07) is 3.49. The summed E-state index contributed by atoms with van der Waals surface area (Å²) in [4.78, 5) is 23.4. The molecule has 0 spiro atoms. The molecule has 0 atom stereocenters. The van der Waals surface area contributed by atoms with Crippen LogP contribution in [0, 0.1) is 0 Å². The van der Waals surface area contributed by atoms with E-state index in [1.165, 1.54) is 4.52 Å². The molecule has 0 bridgehead atoms. The molecule has 1 saturated heterocycles. The van der Waals surface area contributed by atoms with Gasteiger partial charge in [0.25, 0.3) is 5.91 Å². The molecule has 1 fully saturated rings. The summed E-state index contributed by atoms with van der Waals surface area (Å²) in [7, 11) is -2.56. The lowest BCUT2D eigenvalue weighted by atomic mass is 10.2. The first-order valence-electron chi connectivity index (χ1n) is 9.83. The molecule has 1 aliphatic rings.